The molecule has 0 fully saturated rings. The Morgan fingerprint density at radius 3 is 2.67 bits per heavy atom. The molecule has 0 aliphatic heterocycles. The summed E-state index contributed by atoms with van der Waals surface area (Å²) in [7, 11) is 0. The minimum atomic E-state index is -0.449. The largest absolute Gasteiger partial charge is 0.506 e. The molecule has 1 aromatic heterocycles. The molecule has 0 spiro atoms. The molecule has 180 valence electrons. The van der Waals surface area contributed by atoms with Gasteiger partial charge in [0.05, 0.1) is 4.47 Å². The van der Waals surface area contributed by atoms with Crippen LogP contribution in [0.2, 0.25) is 5.15 Å². The third kappa shape index (κ3) is 6.06. The predicted molar refractivity (Wildman–Crippen MR) is 135 cm³/mol. The highest BCUT2D eigenvalue weighted by atomic mass is 79.9. The van der Waals surface area contributed by atoms with E-state index in [1.807, 2.05) is 0 Å². The molecule has 11 heteroatoms. The zero-order valence-electron chi connectivity index (χ0n) is 18.9. The van der Waals surface area contributed by atoms with Gasteiger partial charge in [0.25, 0.3) is 5.91 Å². The smallest absolute Gasteiger partial charge is 0.273 e. The number of carbonyl (C=O) groups is 1. The lowest BCUT2D eigenvalue weighted by Gasteiger charge is -2.21. The Balaban J connectivity index is 1.35. The molecule has 1 heterocycles. The molecule has 1 aliphatic carbocycles. The van der Waals surface area contributed by atoms with Crippen molar-refractivity contribution in [2.75, 3.05) is 37.6 Å². The van der Waals surface area contributed by atoms with Gasteiger partial charge in [-0.2, -0.15) is 0 Å². The summed E-state index contributed by atoms with van der Waals surface area (Å²) in [6.45, 7) is 7.72. The number of benzene rings is 1. The second-order valence-electron chi connectivity index (χ2n) is 8.77. The highest BCUT2D eigenvalue weighted by Gasteiger charge is 2.33. The van der Waals surface area contributed by atoms with Crippen molar-refractivity contribution >= 4 is 45.1 Å². The number of nitrogens with zero attached hydrogens (tertiary/aromatic N) is 2. The van der Waals surface area contributed by atoms with Crippen LogP contribution in [0.15, 0.2) is 10.5 Å². The molecule has 0 saturated heterocycles. The Labute approximate surface area is 207 Å². The maximum absolute atomic E-state index is 12.2. The molecule has 33 heavy (non-hydrogen) atoms. The second-order valence-corrected chi connectivity index (χ2v) is 9.98. The molecule has 9 nitrogen and oxygen atoms in total. The molecule has 8 N–H and O–H groups in total. The van der Waals surface area contributed by atoms with E-state index in [9.17, 15) is 9.90 Å². The third-order valence-electron chi connectivity index (χ3n) is 5.92. The van der Waals surface area contributed by atoms with E-state index >= 15 is 0 Å². The number of nitrogens with one attached hydrogen (secondary N) is 3. The highest BCUT2D eigenvalue weighted by Crippen LogP contribution is 2.45. The van der Waals surface area contributed by atoms with Crippen LogP contribution in [-0.4, -0.2) is 47.2 Å². The second kappa shape index (κ2) is 10.9. The molecule has 0 bridgehead atoms. The van der Waals surface area contributed by atoms with Crippen LogP contribution in [0, 0.1) is 0 Å². The molecule has 2 aromatic rings. The van der Waals surface area contributed by atoms with Crippen molar-refractivity contribution in [3.63, 3.8) is 0 Å². The van der Waals surface area contributed by atoms with E-state index in [2.05, 4.69) is 61.8 Å². The fourth-order valence-electron chi connectivity index (χ4n) is 4.02. The van der Waals surface area contributed by atoms with Crippen LogP contribution in [0.25, 0.3) is 0 Å². The van der Waals surface area contributed by atoms with Crippen molar-refractivity contribution in [3.8, 4) is 5.75 Å². The summed E-state index contributed by atoms with van der Waals surface area (Å²) < 4.78 is 0.755. The molecule has 3 rings (SSSR count). The lowest BCUT2D eigenvalue weighted by atomic mass is 9.86. The summed E-state index contributed by atoms with van der Waals surface area (Å²) in [6.07, 6.45) is 2.99. The summed E-state index contributed by atoms with van der Waals surface area (Å²) in [5.74, 6) is -0.182. The first-order valence-electron chi connectivity index (χ1n) is 10.9. The van der Waals surface area contributed by atoms with Crippen LogP contribution in [0.3, 0.4) is 0 Å². The van der Waals surface area contributed by atoms with E-state index in [1.165, 1.54) is 11.1 Å². The molecule has 1 aromatic carbocycles. The lowest BCUT2D eigenvalue weighted by molar-refractivity contribution is 0.0949. The molecule has 0 radical (unpaired) electrons. The van der Waals surface area contributed by atoms with Gasteiger partial charge in [0.2, 0.25) is 0 Å². The Kier molecular flexibility index (Phi) is 8.38. The van der Waals surface area contributed by atoms with Crippen molar-refractivity contribution in [3.05, 3.63) is 38.1 Å². The van der Waals surface area contributed by atoms with Gasteiger partial charge in [0, 0.05) is 25.2 Å². The quantitative estimate of drug-likeness (QED) is 0.252. The van der Waals surface area contributed by atoms with Crippen molar-refractivity contribution in [1.82, 2.24) is 25.9 Å². The molecule has 0 saturated carbocycles. The maximum Gasteiger partial charge on any atom is 0.273 e. The van der Waals surface area contributed by atoms with Crippen LogP contribution < -0.4 is 27.4 Å². The van der Waals surface area contributed by atoms with Crippen LogP contribution in [-0.2, 0) is 18.4 Å². The average Bonchev–Trinajstić information content (AvgIpc) is 3.05. The Morgan fingerprint density at radius 2 is 1.91 bits per heavy atom. The van der Waals surface area contributed by atoms with Gasteiger partial charge in [-0.1, -0.05) is 25.4 Å². The van der Waals surface area contributed by atoms with Gasteiger partial charge < -0.3 is 32.5 Å². The van der Waals surface area contributed by atoms with Gasteiger partial charge in [-0.15, -0.1) is 0 Å². The number of aromatic hydroxyl groups is 1. The number of phenolic OH excluding ortho intramolecular Hbond substituents is 1. The number of rotatable bonds is 10. The molecule has 0 atom stereocenters. The number of phenols is 1. The molecule has 1 aliphatic rings. The van der Waals surface area contributed by atoms with Gasteiger partial charge in [-0.3, -0.25) is 4.79 Å². The lowest BCUT2D eigenvalue weighted by Crippen LogP contribution is -2.34. The number of nitrogens with two attached hydrogens (primary N) is 2. The first kappa shape index (κ1) is 25.5. The first-order valence-corrected chi connectivity index (χ1v) is 12.1. The van der Waals surface area contributed by atoms with Gasteiger partial charge in [-0.25, -0.2) is 9.97 Å². The summed E-state index contributed by atoms with van der Waals surface area (Å²) >= 11 is 9.30. The number of fused-ring (bicyclic) bond motifs is 1. The minimum absolute atomic E-state index is 0.00988. The Hall–Kier alpha value is -2.14. The van der Waals surface area contributed by atoms with E-state index < -0.39 is 5.91 Å². The fraction of sp³-hybridized carbons (Fsp3) is 0.500. The standard InChI is InChI=1S/C22H31BrClN7O2/c1-22(2)5-4-12-13(17(32)15(23)10-14(12)22)11-28-7-3-6-27-8-9-29-21(33)16-19(25)31-20(26)18(24)30-16/h10,27-28,32H,3-9,11H2,1-2H3,(H,29,33)(H4,25,26,31). The van der Waals surface area contributed by atoms with Crippen LogP contribution in [0.4, 0.5) is 11.6 Å². The van der Waals surface area contributed by atoms with Crippen LogP contribution in [0.1, 0.15) is 53.9 Å². The summed E-state index contributed by atoms with van der Waals surface area (Å²) in [5, 5.41) is 19.9. The third-order valence-corrected chi connectivity index (χ3v) is 6.80. The monoisotopic (exact) mass is 539 g/mol. The maximum atomic E-state index is 12.2. The number of hydrogen-bond donors (Lipinski definition) is 6. The van der Waals surface area contributed by atoms with Gasteiger partial charge >= 0.3 is 0 Å². The van der Waals surface area contributed by atoms with E-state index in [1.54, 1.807) is 0 Å². The SMILES string of the molecule is CC1(C)CCc2c1cc(Br)c(O)c2CNCCCNCCNC(=O)c1nc(Cl)c(N)nc1N. The molecular weight excluding hydrogens is 510 g/mol. The summed E-state index contributed by atoms with van der Waals surface area (Å²) in [6, 6.07) is 2.06. The predicted octanol–water partition coefficient (Wildman–Crippen LogP) is 2.49. The molecule has 0 unspecified atom stereocenters. The number of carbonyl (C=O) groups excluding carboxylic acids is 1. The number of aromatic nitrogens is 2. The topological polar surface area (TPSA) is 151 Å². The fourth-order valence-corrected chi connectivity index (χ4v) is 4.61. The number of anilines is 2. The molecular formula is C22H31BrClN7O2. The van der Waals surface area contributed by atoms with E-state index in [4.69, 9.17) is 23.1 Å². The van der Waals surface area contributed by atoms with Crippen molar-refractivity contribution < 1.29 is 9.90 Å². The zero-order chi connectivity index (χ0) is 24.2. The van der Waals surface area contributed by atoms with Crippen LogP contribution in [0.5, 0.6) is 5.75 Å². The van der Waals surface area contributed by atoms with Gasteiger partial charge in [0.1, 0.15) is 5.75 Å². The highest BCUT2D eigenvalue weighted by molar-refractivity contribution is 9.10. The molecule has 1 amide bonds. The number of halogens is 2. The average molecular weight is 541 g/mol. The Bertz CT molecular complexity index is 1030. The Morgan fingerprint density at radius 1 is 1.18 bits per heavy atom. The van der Waals surface area contributed by atoms with E-state index in [0.29, 0.717) is 25.4 Å². The zero-order valence-corrected chi connectivity index (χ0v) is 21.2. The number of amides is 1. The summed E-state index contributed by atoms with van der Waals surface area (Å²) in [5.41, 5.74) is 14.9. The van der Waals surface area contributed by atoms with Crippen molar-refractivity contribution in [1.29, 1.82) is 0 Å². The normalized spacial score (nSPS) is 14.3. The first-order chi connectivity index (χ1) is 15.6. The summed E-state index contributed by atoms with van der Waals surface area (Å²) in [4.78, 5) is 19.8. The minimum Gasteiger partial charge on any atom is -0.506 e. The van der Waals surface area contributed by atoms with Gasteiger partial charge in [-0.05, 0) is 70.9 Å². The van der Waals surface area contributed by atoms with Crippen molar-refractivity contribution in [2.24, 2.45) is 0 Å². The van der Waals surface area contributed by atoms with Gasteiger partial charge in [0.15, 0.2) is 22.5 Å². The van der Waals surface area contributed by atoms with E-state index in [0.717, 1.165) is 42.4 Å². The number of nitrogen functional groups attached to an aromatic ring is 2. The van der Waals surface area contributed by atoms with Crippen LogP contribution >= 0.6 is 27.5 Å². The number of hydrogen-bond acceptors (Lipinski definition) is 8. The van der Waals surface area contributed by atoms with E-state index in [-0.39, 0.29) is 27.9 Å². The van der Waals surface area contributed by atoms with Crippen molar-refractivity contribution in [2.45, 2.75) is 45.1 Å².